The third-order valence-corrected chi connectivity index (χ3v) is 12.5. The zero-order valence-corrected chi connectivity index (χ0v) is 33.1. The maximum atomic E-state index is 4.83. The quantitative estimate of drug-likeness (QED) is 0.163. The fourth-order valence-corrected chi connectivity index (χ4v) is 9.88. The van der Waals surface area contributed by atoms with Crippen LogP contribution < -0.4 is 0 Å². The van der Waals surface area contributed by atoms with Gasteiger partial charge in [-0.3, -0.25) is 4.57 Å². The van der Waals surface area contributed by atoms with E-state index in [1.807, 2.05) is 6.07 Å². The molecule has 2 nitrogen and oxygen atoms in total. The molecular weight excluding hydrogens is 725 g/mol. The van der Waals surface area contributed by atoms with E-state index in [1.54, 1.807) is 0 Å². The summed E-state index contributed by atoms with van der Waals surface area (Å²) in [4.78, 5) is 4.83. The predicted molar refractivity (Wildman–Crippen MR) is 252 cm³/mol. The van der Waals surface area contributed by atoms with Crippen LogP contribution in [0.25, 0.3) is 116 Å². The number of rotatable bonds is 4. The van der Waals surface area contributed by atoms with Crippen LogP contribution in [-0.2, 0) is 0 Å². The van der Waals surface area contributed by atoms with Crippen molar-refractivity contribution in [3.63, 3.8) is 0 Å². The zero-order valence-electron chi connectivity index (χ0n) is 33.1. The van der Waals surface area contributed by atoms with Gasteiger partial charge in [0.15, 0.2) is 0 Å². The van der Waals surface area contributed by atoms with Crippen molar-refractivity contribution >= 4 is 32.6 Å². The summed E-state index contributed by atoms with van der Waals surface area (Å²) in [6.45, 7) is 2.08. The monoisotopic (exact) mass is 762 g/mol. The Bertz CT molecular complexity index is 3470. The molecule has 1 heterocycles. The van der Waals surface area contributed by atoms with Gasteiger partial charge in [0.2, 0.25) is 0 Å². The number of imidazole rings is 1. The molecule has 0 saturated heterocycles. The van der Waals surface area contributed by atoms with Gasteiger partial charge in [0.1, 0.15) is 5.82 Å². The highest BCUT2D eigenvalue weighted by Gasteiger charge is 2.24. The van der Waals surface area contributed by atoms with Gasteiger partial charge in [0.05, 0.1) is 11.0 Å². The first-order chi connectivity index (χ1) is 29.7. The first-order valence-corrected chi connectivity index (χ1v) is 20.7. The molecule has 11 aromatic rings. The largest absolute Gasteiger partial charge is 0.297 e. The Hall–Kier alpha value is -7.81. The minimum absolute atomic E-state index is 0.979. The number of aryl methyl sites for hydroxylation is 1. The van der Waals surface area contributed by atoms with Crippen LogP contribution in [0.1, 0.15) is 5.82 Å². The molecule has 60 heavy (non-hydrogen) atoms. The summed E-state index contributed by atoms with van der Waals surface area (Å²) < 4.78 is 2.24. The highest BCUT2D eigenvalue weighted by Crippen LogP contribution is 2.50. The lowest BCUT2D eigenvalue weighted by molar-refractivity contribution is 1.00. The Morgan fingerprint density at radius 3 is 1.42 bits per heavy atom. The molecule has 12 rings (SSSR count). The number of para-hydroxylation sites is 2. The Morgan fingerprint density at radius 2 is 0.783 bits per heavy atom. The minimum Gasteiger partial charge on any atom is -0.297 e. The molecule has 0 atom stereocenters. The maximum absolute atomic E-state index is 4.83. The molecule has 1 aromatic heterocycles. The van der Waals surface area contributed by atoms with Crippen LogP contribution in [0.15, 0.2) is 212 Å². The first kappa shape index (κ1) is 34.3. The van der Waals surface area contributed by atoms with Crippen molar-refractivity contribution in [2.45, 2.75) is 6.92 Å². The van der Waals surface area contributed by atoms with E-state index in [0.717, 1.165) is 22.5 Å². The van der Waals surface area contributed by atoms with Crippen molar-refractivity contribution in [1.82, 2.24) is 9.55 Å². The molecule has 0 aliphatic heterocycles. The molecule has 0 spiro atoms. The molecule has 2 heteroatoms. The van der Waals surface area contributed by atoms with Crippen LogP contribution in [0.3, 0.4) is 0 Å². The number of fused-ring (bicyclic) bond motifs is 11. The van der Waals surface area contributed by atoms with Gasteiger partial charge < -0.3 is 0 Å². The Balaban J connectivity index is 1.09. The molecule has 280 valence electrons. The highest BCUT2D eigenvalue weighted by atomic mass is 15.1. The fraction of sp³-hybridized carbons (Fsp3) is 0.0172. The second kappa shape index (κ2) is 13.7. The zero-order chi connectivity index (χ0) is 39.7. The average molecular weight is 763 g/mol. The Morgan fingerprint density at radius 1 is 0.317 bits per heavy atom. The number of nitrogens with zero attached hydrogens (tertiary/aromatic N) is 2. The summed E-state index contributed by atoms with van der Waals surface area (Å²) in [5.74, 6) is 0.979. The lowest BCUT2D eigenvalue weighted by Gasteiger charge is -2.24. The van der Waals surface area contributed by atoms with E-state index in [0.29, 0.717) is 0 Å². The standard InChI is InChI=1S/C58H38N2/c1-37-59-55-25-13-14-26-56(55)60(37)42-31-27-38(28-32-42)40-29-34-52-54(35-40)57(39-15-3-2-4-16-39)50-23-11-12-24-51(50)58(52)41-30-33-49-47-21-8-7-19-45(47)43-17-5-6-18-44(43)46-20-9-10-22-48(46)53(49)36-41/h2-36H,1H3. The van der Waals surface area contributed by atoms with Gasteiger partial charge in [-0.2, -0.15) is 0 Å². The molecule has 0 bridgehead atoms. The first-order valence-electron chi connectivity index (χ1n) is 20.7. The number of benzene rings is 10. The van der Waals surface area contributed by atoms with E-state index in [9.17, 15) is 0 Å². The van der Waals surface area contributed by atoms with Crippen molar-refractivity contribution in [2.24, 2.45) is 0 Å². The van der Waals surface area contributed by atoms with Gasteiger partial charge in [-0.05, 0) is 143 Å². The third-order valence-electron chi connectivity index (χ3n) is 12.5. The lowest BCUT2D eigenvalue weighted by atomic mass is 9.79. The predicted octanol–water partition coefficient (Wildman–Crippen LogP) is 15.6. The molecule has 0 unspecified atom stereocenters. The van der Waals surface area contributed by atoms with E-state index < -0.39 is 0 Å². The molecule has 1 aliphatic rings. The van der Waals surface area contributed by atoms with Crippen LogP contribution in [0.4, 0.5) is 0 Å². The van der Waals surface area contributed by atoms with Crippen molar-refractivity contribution in [2.75, 3.05) is 0 Å². The van der Waals surface area contributed by atoms with Gasteiger partial charge in [-0.25, -0.2) is 4.98 Å². The molecule has 0 N–H and O–H groups in total. The Kier molecular flexibility index (Phi) is 7.79. The molecule has 0 fully saturated rings. The van der Waals surface area contributed by atoms with E-state index in [2.05, 4.69) is 218 Å². The van der Waals surface area contributed by atoms with Crippen LogP contribution in [-0.4, -0.2) is 9.55 Å². The van der Waals surface area contributed by atoms with Gasteiger partial charge in [0, 0.05) is 5.69 Å². The SMILES string of the molecule is Cc1nc2ccccc2n1-c1ccc(-c2ccc3c(-c4ccc5c(c4)-c4ccccc4-c4ccccc4-c4ccccc4-5)c4ccccc4c(-c4ccccc4)c3c2)cc1. The normalized spacial score (nSPS) is 11.8. The highest BCUT2D eigenvalue weighted by molar-refractivity contribution is 6.22. The summed E-state index contributed by atoms with van der Waals surface area (Å²) in [5.41, 5.74) is 20.5. The van der Waals surface area contributed by atoms with E-state index in [1.165, 1.54) is 99.4 Å². The summed E-state index contributed by atoms with van der Waals surface area (Å²) in [6, 6.07) is 78.1. The van der Waals surface area contributed by atoms with Crippen LogP contribution in [0.5, 0.6) is 0 Å². The second-order valence-corrected chi connectivity index (χ2v) is 15.8. The van der Waals surface area contributed by atoms with Crippen molar-refractivity contribution in [1.29, 1.82) is 0 Å². The van der Waals surface area contributed by atoms with Gasteiger partial charge in [0.25, 0.3) is 0 Å². The second-order valence-electron chi connectivity index (χ2n) is 15.8. The van der Waals surface area contributed by atoms with Crippen LogP contribution >= 0.6 is 0 Å². The fourth-order valence-electron chi connectivity index (χ4n) is 9.88. The van der Waals surface area contributed by atoms with E-state index >= 15 is 0 Å². The molecule has 0 radical (unpaired) electrons. The van der Waals surface area contributed by atoms with E-state index in [-0.39, 0.29) is 0 Å². The summed E-state index contributed by atoms with van der Waals surface area (Å²) in [6.07, 6.45) is 0. The number of aromatic nitrogens is 2. The molecule has 1 aliphatic carbocycles. The van der Waals surface area contributed by atoms with Gasteiger partial charge >= 0.3 is 0 Å². The lowest BCUT2D eigenvalue weighted by Crippen LogP contribution is -1.98. The Labute approximate surface area is 349 Å². The van der Waals surface area contributed by atoms with Crippen molar-refractivity contribution in [3.8, 4) is 83.6 Å². The van der Waals surface area contributed by atoms with Gasteiger partial charge in [-0.15, -0.1) is 0 Å². The summed E-state index contributed by atoms with van der Waals surface area (Å²) in [7, 11) is 0. The van der Waals surface area contributed by atoms with Gasteiger partial charge in [-0.1, -0.05) is 176 Å². The molecule has 0 saturated carbocycles. The maximum Gasteiger partial charge on any atom is 0.111 e. The smallest absolute Gasteiger partial charge is 0.111 e. The topological polar surface area (TPSA) is 17.8 Å². The average Bonchev–Trinajstić information content (AvgIpc) is 3.65. The van der Waals surface area contributed by atoms with E-state index in [4.69, 9.17) is 4.98 Å². The summed E-state index contributed by atoms with van der Waals surface area (Å²) in [5, 5.41) is 4.96. The van der Waals surface area contributed by atoms with Crippen molar-refractivity contribution in [3.05, 3.63) is 218 Å². The molecular formula is C58H38N2. The third kappa shape index (κ3) is 5.31. The molecule has 10 aromatic carbocycles. The molecule has 0 amide bonds. The van der Waals surface area contributed by atoms with Crippen LogP contribution in [0.2, 0.25) is 0 Å². The van der Waals surface area contributed by atoms with Crippen molar-refractivity contribution < 1.29 is 0 Å². The number of hydrogen-bond donors (Lipinski definition) is 0. The van der Waals surface area contributed by atoms with Crippen LogP contribution in [0, 0.1) is 6.92 Å². The minimum atomic E-state index is 0.979. The number of hydrogen-bond acceptors (Lipinski definition) is 1. The summed E-state index contributed by atoms with van der Waals surface area (Å²) >= 11 is 0.